The highest BCUT2D eigenvalue weighted by Gasteiger charge is 2.33. The number of ketones is 1. The van der Waals surface area contributed by atoms with Crippen LogP contribution in [-0.2, 0) is 0 Å². The van der Waals surface area contributed by atoms with Crippen LogP contribution in [0, 0.1) is 6.92 Å². The average molecular weight is 325 g/mol. The molecule has 1 aliphatic heterocycles. The number of hydrogen-bond donors (Lipinski definition) is 2. The van der Waals surface area contributed by atoms with Crippen LogP contribution in [0.1, 0.15) is 39.8 Å². The number of Topliss-reactive ketones (excluding diaryl/α,β-unsaturated/α-hetero) is 1. The number of carbonyl (C=O) groups excluding carboxylic acids is 1. The van der Waals surface area contributed by atoms with E-state index in [9.17, 15) is 4.79 Å². The molecule has 1 aliphatic rings. The smallest absolute Gasteiger partial charge is 0.219 e. The number of para-hydroxylation sites is 1. The van der Waals surface area contributed by atoms with E-state index in [0.717, 1.165) is 28.7 Å². The Kier molecular flexibility index (Phi) is 3.79. The second kappa shape index (κ2) is 5.95. The zero-order chi connectivity index (χ0) is 15.8. The number of H-pyrrole nitrogens is 1. The van der Waals surface area contributed by atoms with Gasteiger partial charge in [0.15, 0.2) is 0 Å². The van der Waals surface area contributed by atoms with Gasteiger partial charge in [-0.3, -0.25) is 4.79 Å². The minimum absolute atomic E-state index is 0.262. The number of likely N-dealkylation sites (tertiary alicyclic amines) is 1. The predicted octanol–water partition coefficient (Wildman–Crippen LogP) is 3.14. The summed E-state index contributed by atoms with van der Waals surface area (Å²) in [6.07, 6.45) is 2.40. The molecule has 4 rings (SSSR count). The van der Waals surface area contributed by atoms with Gasteiger partial charge in [0.2, 0.25) is 5.78 Å². The van der Waals surface area contributed by atoms with Crippen molar-refractivity contribution in [3.8, 4) is 0 Å². The number of thiophene rings is 1. The van der Waals surface area contributed by atoms with Crippen LogP contribution in [0.4, 0.5) is 0 Å². The number of fused-ring (bicyclic) bond motifs is 1. The first kappa shape index (κ1) is 14.7. The van der Waals surface area contributed by atoms with Gasteiger partial charge < -0.3 is 9.88 Å². The van der Waals surface area contributed by atoms with E-state index in [1.807, 2.05) is 42.5 Å². The monoisotopic (exact) mass is 325 g/mol. The third-order valence-corrected chi connectivity index (χ3v) is 5.92. The average Bonchev–Trinajstić information content (AvgIpc) is 3.24. The fourth-order valence-corrected chi connectivity index (χ4v) is 4.81. The first-order chi connectivity index (χ1) is 11.2. The van der Waals surface area contributed by atoms with Crippen molar-refractivity contribution in [3.63, 3.8) is 0 Å². The van der Waals surface area contributed by atoms with Crippen LogP contribution in [-0.4, -0.2) is 23.9 Å². The van der Waals surface area contributed by atoms with Crippen LogP contribution in [0.5, 0.6) is 0 Å². The second-order valence-electron chi connectivity index (χ2n) is 6.39. The lowest BCUT2D eigenvalue weighted by Gasteiger charge is -2.19. The zero-order valence-electron chi connectivity index (χ0n) is 13.3. The number of aromatic amines is 1. The molecule has 0 radical (unpaired) electrons. The number of hydrogen-bond acceptors (Lipinski definition) is 2. The summed E-state index contributed by atoms with van der Waals surface area (Å²) in [7, 11) is 0. The molecule has 1 saturated heterocycles. The lowest BCUT2D eigenvalue weighted by Crippen LogP contribution is -3.11. The molecule has 0 aliphatic carbocycles. The summed E-state index contributed by atoms with van der Waals surface area (Å²) in [5.74, 6) is 0.262. The summed E-state index contributed by atoms with van der Waals surface area (Å²) >= 11 is 1.82. The third kappa shape index (κ3) is 2.62. The van der Waals surface area contributed by atoms with Gasteiger partial charge in [-0.25, -0.2) is 0 Å². The predicted molar refractivity (Wildman–Crippen MR) is 94.4 cm³/mol. The lowest BCUT2D eigenvalue weighted by molar-refractivity contribution is -0.909. The fraction of sp³-hybridized carbons (Fsp3) is 0.316. The molecule has 1 fully saturated rings. The normalized spacial score (nSPS) is 21.1. The molecule has 0 saturated carbocycles. The Hall–Kier alpha value is -1.91. The molecular weight excluding hydrogens is 304 g/mol. The van der Waals surface area contributed by atoms with Crippen LogP contribution in [0.2, 0.25) is 0 Å². The molecule has 3 aromatic rings. The van der Waals surface area contributed by atoms with Crippen molar-refractivity contribution >= 4 is 28.0 Å². The number of aryl methyl sites for hydroxylation is 1. The molecular formula is C19H21N2OS+. The standard InChI is InChI=1S/C19H20N2OS/c1-13-19(14-6-2-3-7-15(14)20-13)17(22)12-21-10-4-8-16(21)18-9-5-11-23-18/h2-3,5-7,9,11,16,20H,4,8,10,12H2,1H3/p+1/t16-/m1/s1. The van der Waals surface area contributed by atoms with Gasteiger partial charge in [0, 0.05) is 29.4 Å². The van der Waals surface area contributed by atoms with Crippen LogP contribution < -0.4 is 4.90 Å². The molecule has 0 bridgehead atoms. The van der Waals surface area contributed by atoms with E-state index < -0.39 is 0 Å². The molecule has 1 unspecified atom stereocenters. The van der Waals surface area contributed by atoms with E-state index >= 15 is 0 Å². The van der Waals surface area contributed by atoms with E-state index in [1.54, 1.807) is 0 Å². The first-order valence-corrected chi connectivity index (χ1v) is 9.10. The molecule has 4 heteroatoms. The highest BCUT2D eigenvalue weighted by atomic mass is 32.1. The number of nitrogens with one attached hydrogen (secondary N) is 2. The van der Waals surface area contributed by atoms with Crippen molar-refractivity contribution in [2.75, 3.05) is 13.1 Å². The number of benzene rings is 1. The maximum absolute atomic E-state index is 13.0. The Labute approximate surface area is 139 Å². The van der Waals surface area contributed by atoms with Gasteiger partial charge in [-0.15, -0.1) is 11.3 Å². The molecule has 2 aromatic heterocycles. The van der Waals surface area contributed by atoms with E-state index in [0.29, 0.717) is 12.6 Å². The summed E-state index contributed by atoms with van der Waals surface area (Å²) in [6, 6.07) is 12.9. The summed E-state index contributed by atoms with van der Waals surface area (Å²) in [4.78, 5) is 19.2. The molecule has 2 N–H and O–H groups in total. The summed E-state index contributed by atoms with van der Waals surface area (Å²) < 4.78 is 0. The Morgan fingerprint density at radius 3 is 3.00 bits per heavy atom. The van der Waals surface area contributed by atoms with Gasteiger partial charge >= 0.3 is 0 Å². The van der Waals surface area contributed by atoms with Crippen LogP contribution >= 0.6 is 11.3 Å². The molecule has 2 atom stereocenters. The minimum atomic E-state index is 0.262. The van der Waals surface area contributed by atoms with Gasteiger partial charge in [-0.2, -0.15) is 0 Å². The molecule has 118 valence electrons. The third-order valence-electron chi connectivity index (χ3n) is 4.93. The molecule has 0 spiro atoms. The maximum atomic E-state index is 13.0. The lowest BCUT2D eigenvalue weighted by atomic mass is 10.1. The molecule has 3 nitrogen and oxygen atoms in total. The van der Waals surface area contributed by atoms with Crippen LogP contribution in [0.15, 0.2) is 41.8 Å². The molecule has 3 heterocycles. The number of quaternary nitrogens is 1. The van der Waals surface area contributed by atoms with Crippen molar-refractivity contribution < 1.29 is 9.69 Å². The van der Waals surface area contributed by atoms with E-state index in [2.05, 4.69) is 22.5 Å². The topological polar surface area (TPSA) is 37.3 Å². The fourth-order valence-electron chi connectivity index (χ4n) is 3.89. The quantitative estimate of drug-likeness (QED) is 0.711. The highest BCUT2D eigenvalue weighted by molar-refractivity contribution is 7.10. The summed E-state index contributed by atoms with van der Waals surface area (Å²) in [6.45, 7) is 3.68. The second-order valence-corrected chi connectivity index (χ2v) is 7.37. The molecule has 1 aromatic carbocycles. The highest BCUT2D eigenvalue weighted by Crippen LogP contribution is 2.25. The largest absolute Gasteiger partial charge is 0.358 e. The number of rotatable bonds is 4. The van der Waals surface area contributed by atoms with Crippen molar-refractivity contribution in [1.82, 2.24) is 4.98 Å². The maximum Gasteiger partial charge on any atom is 0.219 e. The van der Waals surface area contributed by atoms with Gasteiger partial charge in [0.1, 0.15) is 12.6 Å². The van der Waals surface area contributed by atoms with E-state index in [4.69, 9.17) is 0 Å². The Balaban J connectivity index is 1.61. The van der Waals surface area contributed by atoms with Crippen LogP contribution in [0.25, 0.3) is 10.9 Å². The Morgan fingerprint density at radius 2 is 2.17 bits per heavy atom. The number of aromatic nitrogens is 1. The zero-order valence-corrected chi connectivity index (χ0v) is 14.1. The van der Waals surface area contributed by atoms with E-state index in [-0.39, 0.29) is 5.78 Å². The van der Waals surface area contributed by atoms with Crippen molar-refractivity contribution in [1.29, 1.82) is 0 Å². The van der Waals surface area contributed by atoms with Gasteiger partial charge in [-0.05, 0) is 24.4 Å². The summed E-state index contributed by atoms with van der Waals surface area (Å²) in [5, 5.41) is 3.19. The molecule has 0 amide bonds. The molecule has 23 heavy (non-hydrogen) atoms. The number of carbonyl (C=O) groups is 1. The SMILES string of the molecule is Cc1[nH]c2ccccc2c1C(=O)C[NH+]1CCC[C@@H]1c1cccs1. The van der Waals surface area contributed by atoms with Crippen molar-refractivity contribution in [2.45, 2.75) is 25.8 Å². The van der Waals surface area contributed by atoms with Gasteiger partial charge in [0.05, 0.1) is 17.0 Å². The minimum Gasteiger partial charge on any atom is -0.358 e. The van der Waals surface area contributed by atoms with Gasteiger partial charge in [-0.1, -0.05) is 24.3 Å². The van der Waals surface area contributed by atoms with Crippen molar-refractivity contribution in [3.05, 3.63) is 57.9 Å². The first-order valence-electron chi connectivity index (χ1n) is 8.22. The summed E-state index contributed by atoms with van der Waals surface area (Å²) in [5.41, 5.74) is 2.92. The van der Waals surface area contributed by atoms with E-state index in [1.165, 1.54) is 22.6 Å². The Bertz CT molecular complexity index is 834. The van der Waals surface area contributed by atoms with Crippen molar-refractivity contribution in [2.24, 2.45) is 0 Å². The Morgan fingerprint density at radius 1 is 1.30 bits per heavy atom. The van der Waals surface area contributed by atoms with Gasteiger partial charge in [0.25, 0.3) is 0 Å². The van der Waals surface area contributed by atoms with Crippen LogP contribution in [0.3, 0.4) is 0 Å².